The number of nitrogens with one attached hydrogen (secondary N) is 1. The Balaban J connectivity index is 1.44. The number of aryl methyl sites for hydroxylation is 2. The van der Waals surface area contributed by atoms with Crippen molar-refractivity contribution in [3.05, 3.63) is 70.4 Å². The zero-order chi connectivity index (χ0) is 19.3. The SMILES string of the molecule is CN1CCN(Cc2ccc(-c3nc(CCn4cccn4)cc(=O)[nH]3)cc2)CC1. The second kappa shape index (κ2) is 8.50. The standard InChI is InChI=1S/C21H26N6O/c1-25-11-13-26(14-12-25)16-17-3-5-18(6-4-17)21-23-19(15-20(28)24-21)7-10-27-9-2-8-22-27/h2-6,8-9,15H,7,10-14,16H2,1H3,(H,23,24,28). The fourth-order valence-corrected chi connectivity index (χ4v) is 3.47. The lowest BCUT2D eigenvalue weighted by atomic mass is 10.1. The van der Waals surface area contributed by atoms with Gasteiger partial charge >= 0.3 is 0 Å². The van der Waals surface area contributed by atoms with E-state index in [2.05, 4.69) is 44.0 Å². The maximum absolute atomic E-state index is 12.1. The molecular weight excluding hydrogens is 352 g/mol. The van der Waals surface area contributed by atoms with Crippen molar-refractivity contribution in [3.63, 3.8) is 0 Å². The van der Waals surface area contributed by atoms with Gasteiger partial charge in [-0.1, -0.05) is 24.3 Å². The zero-order valence-corrected chi connectivity index (χ0v) is 16.2. The second-order valence-corrected chi connectivity index (χ2v) is 7.38. The van der Waals surface area contributed by atoms with E-state index in [1.54, 1.807) is 12.3 Å². The molecule has 0 aliphatic carbocycles. The van der Waals surface area contributed by atoms with Crippen molar-refractivity contribution in [2.45, 2.75) is 19.5 Å². The summed E-state index contributed by atoms with van der Waals surface area (Å²) in [4.78, 5) is 24.4. The van der Waals surface area contributed by atoms with E-state index in [4.69, 9.17) is 0 Å². The summed E-state index contributed by atoms with van der Waals surface area (Å²) < 4.78 is 1.84. The highest BCUT2D eigenvalue weighted by molar-refractivity contribution is 5.55. The molecule has 3 heterocycles. The van der Waals surface area contributed by atoms with Gasteiger partial charge < -0.3 is 9.88 Å². The molecule has 0 bridgehead atoms. The fourth-order valence-electron chi connectivity index (χ4n) is 3.47. The molecule has 3 aromatic rings. The van der Waals surface area contributed by atoms with E-state index >= 15 is 0 Å². The lowest BCUT2D eigenvalue weighted by Crippen LogP contribution is -2.43. The predicted octanol–water partition coefficient (Wildman–Crippen LogP) is 1.62. The smallest absolute Gasteiger partial charge is 0.251 e. The van der Waals surface area contributed by atoms with E-state index in [1.807, 2.05) is 29.1 Å². The first-order valence-electron chi connectivity index (χ1n) is 9.73. The molecule has 0 atom stereocenters. The van der Waals surface area contributed by atoms with Crippen molar-refractivity contribution in [1.29, 1.82) is 0 Å². The van der Waals surface area contributed by atoms with Gasteiger partial charge in [0.25, 0.3) is 5.56 Å². The van der Waals surface area contributed by atoms with E-state index < -0.39 is 0 Å². The first-order chi connectivity index (χ1) is 13.7. The minimum Gasteiger partial charge on any atom is -0.307 e. The Hall–Kier alpha value is -2.77. The van der Waals surface area contributed by atoms with E-state index in [0.717, 1.165) is 44.0 Å². The van der Waals surface area contributed by atoms with Gasteiger partial charge in [0, 0.05) is 69.7 Å². The lowest BCUT2D eigenvalue weighted by Gasteiger charge is -2.32. The quantitative estimate of drug-likeness (QED) is 0.706. The topological polar surface area (TPSA) is 70.0 Å². The van der Waals surface area contributed by atoms with E-state index in [0.29, 0.717) is 18.8 Å². The van der Waals surface area contributed by atoms with Gasteiger partial charge in [-0.25, -0.2) is 4.98 Å². The minimum atomic E-state index is -0.123. The maximum atomic E-state index is 12.1. The molecule has 1 fully saturated rings. The Labute approximate surface area is 164 Å². The van der Waals surface area contributed by atoms with Crippen LogP contribution in [-0.4, -0.2) is 62.8 Å². The van der Waals surface area contributed by atoms with Crippen LogP contribution in [0.25, 0.3) is 11.4 Å². The molecular formula is C21H26N6O. The molecule has 0 amide bonds. The van der Waals surface area contributed by atoms with E-state index in [-0.39, 0.29) is 5.56 Å². The number of hydrogen-bond donors (Lipinski definition) is 1. The number of benzene rings is 1. The highest BCUT2D eigenvalue weighted by Crippen LogP contribution is 2.16. The highest BCUT2D eigenvalue weighted by atomic mass is 16.1. The van der Waals surface area contributed by atoms with Crippen molar-refractivity contribution < 1.29 is 0 Å². The Kier molecular flexibility index (Phi) is 5.64. The van der Waals surface area contributed by atoms with E-state index in [9.17, 15) is 4.79 Å². The van der Waals surface area contributed by atoms with Crippen molar-refractivity contribution >= 4 is 0 Å². The van der Waals surface area contributed by atoms with Gasteiger partial charge in [-0.15, -0.1) is 0 Å². The minimum absolute atomic E-state index is 0.123. The van der Waals surface area contributed by atoms with Crippen LogP contribution in [0, 0.1) is 0 Å². The average Bonchev–Trinajstić information content (AvgIpc) is 3.22. The molecule has 28 heavy (non-hydrogen) atoms. The number of likely N-dealkylation sites (N-methyl/N-ethyl adjacent to an activating group) is 1. The van der Waals surface area contributed by atoms with Crippen LogP contribution in [0.4, 0.5) is 0 Å². The maximum Gasteiger partial charge on any atom is 0.251 e. The Bertz CT molecular complexity index is 940. The number of aromatic amines is 1. The first kappa shape index (κ1) is 18.6. The Morgan fingerprint density at radius 3 is 2.61 bits per heavy atom. The molecule has 0 unspecified atom stereocenters. The van der Waals surface area contributed by atoms with Gasteiger partial charge in [0.1, 0.15) is 5.82 Å². The van der Waals surface area contributed by atoms with Crippen LogP contribution in [-0.2, 0) is 19.5 Å². The van der Waals surface area contributed by atoms with Crippen molar-refractivity contribution in [1.82, 2.24) is 29.5 Å². The number of aromatic nitrogens is 4. The molecule has 4 rings (SSSR count). The third-order valence-corrected chi connectivity index (χ3v) is 5.18. The second-order valence-electron chi connectivity index (χ2n) is 7.38. The zero-order valence-electron chi connectivity index (χ0n) is 16.2. The third kappa shape index (κ3) is 4.74. The Morgan fingerprint density at radius 1 is 1.11 bits per heavy atom. The molecule has 2 aromatic heterocycles. The molecule has 1 aromatic carbocycles. The number of hydrogen-bond acceptors (Lipinski definition) is 5. The van der Waals surface area contributed by atoms with Gasteiger partial charge in [-0.05, 0) is 18.7 Å². The molecule has 7 nitrogen and oxygen atoms in total. The van der Waals surface area contributed by atoms with E-state index in [1.165, 1.54) is 5.56 Å². The van der Waals surface area contributed by atoms with Crippen LogP contribution in [0.5, 0.6) is 0 Å². The highest BCUT2D eigenvalue weighted by Gasteiger charge is 2.14. The van der Waals surface area contributed by atoms with Gasteiger partial charge in [-0.2, -0.15) is 5.10 Å². The summed E-state index contributed by atoms with van der Waals surface area (Å²) in [5.74, 6) is 0.620. The molecule has 7 heteroatoms. The monoisotopic (exact) mass is 378 g/mol. The number of rotatable bonds is 6. The molecule has 1 N–H and O–H groups in total. The molecule has 0 radical (unpaired) electrons. The summed E-state index contributed by atoms with van der Waals surface area (Å²) in [5.41, 5.74) is 2.86. The number of piperazine rings is 1. The van der Waals surface area contributed by atoms with Crippen LogP contribution in [0.1, 0.15) is 11.3 Å². The van der Waals surface area contributed by atoms with Crippen LogP contribution in [0.15, 0.2) is 53.6 Å². The van der Waals surface area contributed by atoms with Gasteiger partial charge in [0.05, 0.1) is 5.69 Å². The van der Waals surface area contributed by atoms with Gasteiger partial charge in [0.2, 0.25) is 0 Å². The fraction of sp³-hybridized carbons (Fsp3) is 0.381. The average molecular weight is 378 g/mol. The Morgan fingerprint density at radius 2 is 1.89 bits per heavy atom. The number of H-pyrrole nitrogens is 1. The summed E-state index contributed by atoms with van der Waals surface area (Å²) in [6.45, 7) is 6.11. The molecule has 1 saturated heterocycles. The lowest BCUT2D eigenvalue weighted by molar-refractivity contribution is 0.148. The van der Waals surface area contributed by atoms with Gasteiger partial charge in [-0.3, -0.25) is 14.4 Å². The predicted molar refractivity (Wildman–Crippen MR) is 109 cm³/mol. The molecule has 1 aliphatic rings. The largest absolute Gasteiger partial charge is 0.307 e. The summed E-state index contributed by atoms with van der Waals surface area (Å²) in [6.07, 6.45) is 4.33. The van der Waals surface area contributed by atoms with Crippen LogP contribution < -0.4 is 5.56 Å². The van der Waals surface area contributed by atoms with Crippen molar-refractivity contribution in [3.8, 4) is 11.4 Å². The molecule has 1 aliphatic heterocycles. The molecule has 0 spiro atoms. The third-order valence-electron chi connectivity index (χ3n) is 5.18. The summed E-state index contributed by atoms with van der Waals surface area (Å²) in [6, 6.07) is 11.8. The summed E-state index contributed by atoms with van der Waals surface area (Å²) in [5, 5.41) is 4.19. The molecule has 0 saturated carbocycles. The molecule has 146 valence electrons. The summed E-state index contributed by atoms with van der Waals surface area (Å²) in [7, 11) is 2.17. The van der Waals surface area contributed by atoms with Crippen LogP contribution in [0.2, 0.25) is 0 Å². The number of nitrogens with zero attached hydrogens (tertiary/aromatic N) is 5. The van der Waals surface area contributed by atoms with Crippen LogP contribution in [0.3, 0.4) is 0 Å². The van der Waals surface area contributed by atoms with Gasteiger partial charge in [0.15, 0.2) is 0 Å². The van der Waals surface area contributed by atoms with Crippen molar-refractivity contribution in [2.75, 3.05) is 33.2 Å². The van der Waals surface area contributed by atoms with Crippen LogP contribution >= 0.6 is 0 Å². The van der Waals surface area contributed by atoms with Crippen molar-refractivity contribution in [2.24, 2.45) is 0 Å². The first-order valence-corrected chi connectivity index (χ1v) is 9.73. The summed E-state index contributed by atoms with van der Waals surface area (Å²) >= 11 is 0. The normalized spacial score (nSPS) is 15.8.